The number of carbonyl (C=O) groups excluding carboxylic acids is 1. The molecule has 1 rings (SSSR count). The Balaban J connectivity index is 2.64. The van der Waals surface area contributed by atoms with E-state index in [0.29, 0.717) is 5.47 Å². The minimum atomic E-state index is -0.647. The van der Waals surface area contributed by atoms with Crippen LogP contribution in [0.25, 0.3) is 0 Å². The number of hydrogen-bond acceptors (Lipinski definition) is 2. The van der Waals surface area contributed by atoms with Gasteiger partial charge in [0.15, 0.2) is 5.76 Å². The van der Waals surface area contributed by atoms with Crippen molar-refractivity contribution in [1.82, 2.24) is 0 Å². The summed E-state index contributed by atoms with van der Waals surface area (Å²) in [5, 5.41) is 0. The first kappa shape index (κ1) is 11.4. The van der Waals surface area contributed by atoms with E-state index < -0.39 is 5.91 Å². The van der Waals surface area contributed by atoms with Crippen LogP contribution in [0.5, 0.6) is 0 Å². The van der Waals surface area contributed by atoms with Crippen molar-refractivity contribution in [1.29, 1.82) is 0 Å². The second-order valence-electron chi connectivity index (χ2n) is 3.15. The fourth-order valence-corrected chi connectivity index (χ4v) is 1.11. The molecule has 0 atom stereocenters. The minimum Gasteiger partial charge on any atom is -0.484 e. The van der Waals surface area contributed by atoms with Gasteiger partial charge in [0.1, 0.15) is 14.5 Å². The Hall–Kier alpha value is -1.71. The molecular formula is C11H12BNO2. The third kappa shape index (κ3) is 3.50. The van der Waals surface area contributed by atoms with Gasteiger partial charge in [-0.1, -0.05) is 35.8 Å². The van der Waals surface area contributed by atoms with Crippen molar-refractivity contribution in [3.63, 3.8) is 0 Å². The van der Waals surface area contributed by atoms with Gasteiger partial charge in [0.25, 0.3) is 5.91 Å². The lowest BCUT2D eigenvalue weighted by molar-refractivity contribution is -0.118. The van der Waals surface area contributed by atoms with E-state index in [-0.39, 0.29) is 12.4 Å². The molecule has 15 heavy (non-hydrogen) atoms. The number of hydrogen-bond donors (Lipinski definition) is 1. The first-order valence-electron chi connectivity index (χ1n) is 4.54. The third-order valence-corrected chi connectivity index (χ3v) is 1.81. The van der Waals surface area contributed by atoms with Gasteiger partial charge in [-0.05, 0) is 12.5 Å². The van der Waals surface area contributed by atoms with Crippen LogP contribution in [0, 0.1) is 0 Å². The molecule has 0 unspecified atom stereocenters. The zero-order valence-electron chi connectivity index (χ0n) is 8.57. The summed E-state index contributed by atoms with van der Waals surface area (Å²) in [6.45, 7) is 1.86. The number of allylic oxidation sites excluding steroid dienone is 1. The summed E-state index contributed by atoms with van der Waals surface area (Å²) >= 11 is 0. The van der Waals surface area contributed by atoms with Crippen LogP contribution in [0.3, 0.4) is 0 Å². The van der Waals surface area contributed by atoms with Gasteiger partial charge in [-0.3, -0.25) is 4.79 Å². The van der Waals surface area contributed by atoms with Crippen molar-refractivity contribution >= 4 is 13.8 Å². The number of rotatable bonds is 4. The van der Waals surface area contributed by atoms with E-state index in [1.54, 1.807) is 6.92 Å². The molecule has 0 aliphatic carbocycles. The van der Waals surface area contributed by atoms with Gasteiger partial charge in [0.2, 0.25) is 0 Å². The Morgan fingerprint density at radius 3 is 2.47 bits per heavy atom. The molecular weight excluding hydrogens is 189 g/mol. The molecule has 4 heteroatoms. The molecule has 0 aromatic heterocycles. The third-order valence-electron chi connectivity index (χ3n) is 1.81. The molecule has 1 amide bonds. The Labute approximate surface area is 90.3 Å². The Morgan fingerprint density at radius 1 is 1.40 bits per heavy atom. The number of amides is 1. The molecule has 2 N–H and O–H groups in total. The van der Waals surface area contributed by atoms with E-state index in [1.165, 1.54) is 0 Å². The molecule has 0 saturated carbocycles. The van der Waals surface area contributed by atoms with Crippen molar-refractivity contribution in [3.05, 3.63) is 47.1 Å². The summed E-state index contributed by atoms with van der Waals surface area (Å²) < 4.78 is 5.23. The zero-order chi connectivity index (χ0) is 11.3. The zero-order valence-corrected chi connectivity index (χ0v) is 8.57. The molecule has 1 aromatic carbocycles. The molecule has 0 bridgehead atoms. The van der Waals surface area contributed by atoms with E-state index in [1.807, 2.05) is 30.3 Å². The van der Waals surface area contributed by atoms with Crippen molar-refractivity contribution in [2.75, 3.05) is 0 Å². The highest BCUT2D eigenvalue weighted by molar-refractivity contribution is 6.23. The summed E-state index contributed by atoms with van der Waals surface area (Å²) in [6, 6.07) is 9.47. The smallest absolute Gasteiger partial charge is 0.282 e. The van der Waals surface area contributed by atoms with Gasteiger partial charge in [0.05, 0.1) is 0 Å². The van der Waals surface area contributed by atoms with Gasteiger partial charge in [-0.15, -0.1) is 0 Å². The number of ether oxygens (including phenoxy) is 1. The van der Waals surface area contributed by atoms with Gasteiger partial charge in [-0.25, -0.2) is 0 Å². The predicted molar refractivity (Wildman–Crippen MR) is 58.9 cm³/mol. The van der Waals surface area contributed by atoms with Crippen LogP contribution in [0.1, 0.15) is 12.5 Å². The normalized spacial score (nSPS) is 11.8. The van der Waals surface area contributed by atoms with Gasteiger partial charge < -0.3 is 10.5 Å². The summed E-state index contributed by atoms with van der Waals surface area (Å²) in [4.78, 5) is 10.9. The Morgan fingerprint density at radius 2 is 2.00 bits per heavy atom. The van der Waals surface area contributed by atoms with Crippen molar-refractivity contribution < 1.29 is 9.53 Å². The Kier molecular flexibility index (Phi) is 3.97. The van der Waals surface area contributed by atoms with Crippen molar-refractivity contribution in [3.8, 4) is 0 Å². The topological polar surface area (TPSA) is 52.3 Å². The lowest BCUT2D eigenvalue weighted by Gasteiger charge is -2.09. The first-order chi connectivity index (χ1) is 7.11. The highest BCUT2D eigenvalue weighted by Gasteiger charge is 2.07. The lowest BCUT2D eigenvalue weighted by atomic mass is 9.96. The van der Waals surface area contributed by atoms with Crippen LogP contribution in [0.4, 0.5) is 0 Å². The average molecular weight is 201 g/mol. The fourth-order valence-electron chi connectivity index (χ4n) is 1.11. The molecule has 0 aliphatic heterocycles. The standard InChI is InChI=1S/C11H12BNO2/c1-8(12)10(11(13)14)15-7-9-5-3-2-4-6-9/h2-6H,7H2,1H3,(H2,13,14)/b10-8+. The molecule has 2 radical (unpaired) electrons. The second-order valence-corrected chi connectivity index (χ2v) is 3.15. The van der Waals surface area contributed by atoms with E-state index in [2.05, 4.69) is 0 Å². The van der Waals surface area contributed by atoms with Crippen molar-refractivity contribution in [2.24, 2.45) is 5.73 Å². The minimum absolute atomic E-state index is 0.0267. The summed E-state index contributed by atoms with van der Waals surface area (Å²) in [5.74, 6) is -0.621. The molecule has 3 nitrogen and oxygen atoms in total. The van der Waals surface area contributed by atoms with Gasteiger partial charge in [0, 0.05) is 0 Å². The monoisotopic (exact) mass is 201 g/mol. The SMILES string of the molecule is [B]/C(C)=C(/OCc1ccccc1)C(N)=O. The van der Waals surface area contributed by atoms with Gasteiger partial charge in [-0.2, -0.15) is 0 Å². The summed E-state index contributed by atoms with van der Waals surface area (Å²) in [7, 11) is 5.46. The number of carbonyl (C=O) groups is 1. The number of nitrogens with two attached hydrogens (primary N) is 1. The molecule has 0 saturated heterocycles. The molecule has 0 spiro atoms. The van der Waals surface area contributed by atoms with Crippen LogP contribution >= 0.6 is 0 Å². The average Bonchev–Trinajstić information content (AvgIpc) is 2.18. The van der Waals surface area contributed by atoms with E-state index in [4.69, 9.17) is 18.3 Å². The molecule has 76 valence electrons. The number of primary amides is 1. The maximum atomic E-state index is 10.9. The first-order valence-corrected chi connectivity index (χ1v) is 4.54. The molecule has 0 fully saturated rings. The molecule has 0 aliphatic rings. The maximum Gasteiger partial charge on any atom is 0.282 e. The molecule has 0 heterocycles. The second kappa shape index (κ2) is 5.24. The van der Waals surface area contributed by atoms with Crippen LogP contribution in [-0.4, -0.2) is 13.8 Å². The Bertz CT molecular complexity index is 369. The fraction of sp³-hybridized carbons (Fsp3) is 0.182. The van der Waals surface area contributed by atoms with Crippen LogP contribution in [-0.2, 0) is 16.1 Å². The quantitative estimate of drug-likeness (QED) is 0.450. The van der Waals surface area contributed by atoms with E-state index in [9.17, 15) is 4.79 Å². The predicted octanol–water partition coefficient (Wildman–Crippen LogP) is 1.09. The summed E-state index contributed by atoms with van der Waals surface area (Å²) in [6.07, 6.45) is 0. The largest absolute Gasteiger partial charge is 0.484 e. The highest BCUT2D eigenvalue weighted by Crippen LogP contribution is 2.07. The van der Waals surface area contributed by atoms with Crippen LogP contribution in [0.15, 0.2) is 41.6 Å². The number of benzene rings is 1. The van der Waals surface area contributed by atoms with Gasteiger partial charge >= 0.3 is 0 Å². The highest BCUT2D eigenvalue weighted by atomic mass is 16.5. The van der Waals surface area contributed by atoms with Crippen molar-refractivity contribution in [2.45, 2.75) is 13.5 Å². The van der Waals surface area contributed by atoms with E-state index >= 15 is 0 Å². The maximum absolute atomic E-state index is 10.9. The van der Waals surface area contributed by atoms with Crippen LogP contribution in [0.2, 0.25) is 0 Å². The summed E-state index contributed by atoms with van der Waals surface area (Å²) in [5.41, 5.74) is 6.35. The lowest BCUT2D eigenvalue weighted by Crippen LogP contribution is -2.18. The molecule has 1 aromatic rings. The van der Waals surface area contributed by atoms with E-state index in [0.717, 1.165) is 5.56 Å². The van der Waals surface area contributed by atoms with Crippen LogP contribution < -0.4 is 5.73 Å².